The van der Waals surface area contributed by atoms with E-state index in [2.05, 4.69) is 20.4 Å². The summed E-state index contributed by atoms with van der Waals surface area (Å²) < 4.78 is 80.4. The van der Waals surface area contributed by atoms with Crippen molar-refractivity contribution in [3.05, 3.63) is 47.9 Å². The number of sulfone groups is 1. The van der Waals surface area contributed by atoms with Gasteiger partial charge in [-0.25, -0.2) is 31.0 Å². The van der Waals surface area contributed by atoms with E-state index in [-0.39, 0.29) is 39.8 Å². The molecule has 1 saturated carbocycles. The first-order valence-corrected chi connectivity index (χ1v) is 13.1. The van der Waals surface area contributed by atoms with Gasteiger partial charge >= 0.3 is 0 Å². The van der Waals surface area contributed by atoms with E-state index in [1.165, 1.54) is 18.2 Å². The van der Waals surface area contributed by atoms with Crippen LogP contribution in [0.5, 0.6) is 0 Å². The molecule has 1 unspecified atom stereocenters. The molecular formula is C24H21F4N5O3S. The van der Waals surface area contributed by atoms with Gasteiger partial charge in [-0.1, -0.05) is 6.07 Å². The fourth-order valence-corrected chi connectivity index (χ4v) is 5.09. The second kappa shape index (κ2) is 8.75. The molecule has 2 aliphatic rings. The van der Waals surface area contributed by atoms with Gasteiger partial charge in [0.05, 0.1) is 45.0 Å². The van der Waals surface area contributed by atoms with E-state index in [0.29, 0.717) is 11.3 Å². The molecule has 5 rings (SSSR count). The van der Waals surface area contributed by atoms with E-state index in [4.69, 9.17) is 0 Å². The van der Waals surface area contributed by atoms with Crippen LogP contribution in [0.25, 0.3) is 11.3 Å². The van der Waals surface area contributed by atoms with E-state index >= 15 is 0 Å². The molecule has 1 aromatic carbocycles. The molecule has 2 aromatic heterocycles. The monoisotopic (exact) mass is 535 g/mol. The predicted molar refractivity (Wildman–Crippen MR) is 128 cm³/mol. The number of hydrogen-bond donors (Lipinski definition) is 1. The number of rotatable bonds is 8. The lowest BCUT2D eigenvalue weighted by atomic mass is 10.1. The Bertz CT molecular complexity index is 1570. The molecule has 0 bridgehead atoms. The lowest BCUT2D eigenvalue weighted by molar-refractivity contribution is -0.121. The number of aromatic nitrogens is 3. The molecule has 0 saturated heterocycles. The van der Waals surface area contributed by atoms with Gasteiger partial charge in [-0.05, 0) is 24.3 Å². The third-order valence-electron chi connectivity index (χ3n) is 6.20. The van der Waals surface area contributed by atoms with Gasteiger partial charge in [0.15, 0.2) is 9.84 Å². The summed E-state index contributed by atoms with van der Waals surface area (Å²) in [6, 6.07) is 7.67. The number of hydrogen-bond acceptors (Lipinski definition) is 7. The second-order valence-electron chi connectivity index (χ2n) is 9.18. The van der Waals surface area contributed by atoms with Crippen LogP contribution in [0, 0.1) is 5.92 Å². The number of anilines is 2. The van der Waals surface area contributed by atoms with E-state index in [0.717, 1.165) is 6.26 Å². The molecule has 3 heterocycles. The highest BCUT2D eigenvalue weighted by atomic mass is 32.2. The Morgan fingerprint density at radius 1 is 1.22 bits per heavy atom. The van der Waals surface area contributed by atoms with E-state index in [9.17, 15) is 30.8 Å². The zero-order chi connectivity index (χ0) is 26.7. The number of aliphatic imine (C=N–C) groups is 1. The molecule has 1 aliphatic carbocycles. The number of pyridine rings is 1. The maximum Gasteiger partial charge on any atom is 0.277 e. The minimum atomic E-state index is -3.77. The number of halogens is 4. The minimum Gasteiger partial charge on any atom is -0.353 e. The first kappa shape index (κ1) is 25.1. The van der Waals surface area contributed by atoms with E-state index < -0.39 is 52.4 Å². The molecule has 0 radical (unpaired) electrons. The van der Waals surface area contributed by atoms with Gasteiger partial charge in [-0.15, -0.1) is 0 Å². The van der Waals surface area contributed by atoms with Gasteiger partial charge in [-0.3, -0.25) is 14.5 Å². The molecule has 13 heteroatoms. The molecule has 8 nitrogen and oxygen atoms in total. The van der Waals surface area contributed by atoms with Crippen molar-refractivity contribution < 1.29 is 30.8 Å². The first-order chi connectivity index (χ1) is 17.3. The van der Waals surface area contributed by atoms with Gasteiger partial charge in [0.2, 0.25) is 0 Å². The van der Waals surface area contributed by atoms with Crippen LogP contribution in [0.2, 0.25) is 0 Å². The number of nitrogens with one attached hydrogen (secondary N) is 1. The lowest BCUT2D eigenvalue weighted by Gasteiger charge is -2.15. The van der Waals surface area contributed by atoms with Crippen molar-refractivity contribution in [2.75, 3.05) is 11.6 Å². The Kier molecular flexibility index (Phi) is 5.93. The number of nitrogens with zero attached hydrogens (tertiary/aromatic N) is 4. The average molecular weight is 536 g/mol. The number of carbonyl (C=O) groups excluding carboxylic acids is 1. The summed E-state index contributed by atoms with van der Waals surface area (Å²) in [5.74, 6) is -5.13. The number of ketones is 1. The highest BCUT2D eigenvalue weighted by molar-refractivity contribution is 7.90. The largest absolute Gasteiger partial charge is 0.353 e. The van der Waals surface area contributed by atoms with Crippen LogP contribution < -0.4 is 5.32 Å². The van der Waals surface area contributed by atoms with Crippen molar-refractivity contribution >= 4 is 38.4 Å². The highest BCUT2D eigenvalue weighted by Gasteiger charge is 2.60. The molecular weight excluding hydrogens is 514 g/mol. The summed E-state index contributed by atoms with van der Waals surface area (Å²) in [6.07, 6.45) is -1.33. The Labute approximate surface area is 209 Å². The van der Waals surface area contributed by atoms with E-state index in [1.807, 2.05) is 0 Å². The van der Waals surface area contributed by atoms with Crippen molar-refractivity contribution in [1.82, 2.24) is 14.8 Å². The van der Waals surface area contributed by atoms with Crippen LogP contribution in [0.3, 0.4) is 0 Å². The lowest BCUT2D eigenvalue weighted by Crippen LogP contribution is -2.13. The highest BCUT2D eigenvalue weighted by Crippen LogP contribution is 2.49. The number of alkyl halides is 4. The second-order valence-corrected chi connectivity index (χ2v) is 11.2. The van der Waals surface area contributed by atoms with E-state index in [1.54, 1.807) is 30.1 Å². The fourth-order valence-electron chi connectivity index (χ4n) is 4.23. The maximum atomic E-state index is 13.4. The summed E-state index contributed by atoms with van der Waals surface area (Å²) in [5, 5.41) is 7.22. The van der Waals surface area contributed by atoms with Crippen LogP contribution >= 0.6 is 0 Å². The van der Waals surface area contributed by atoms with Gasteiger partial charge in [-0.2, -0.15) is 5.10 Å². The summed E-state index contributed by atoms with van der Waals surface area (Å²) in [6.45, 7) is 0. The predicted octanol–water partition coefficient (Wildman–Crippen LogP) is 4.29. The van der Waals surface area contributed by atoms with Crippen LogP contribution in [0.15, 0.2) is 46.4 Å². The SMILES string of the molecule is Cn1ccc(-c2ccc(Nc3cc(CC(=O)C4CC4(F)F)nc4c3N=C(C(F)F)C4)c(S(C)(=O)=O)c2)n1. The molecule has 0 amide bonds. The molecule has 1 N–H and O–H groups in total. The number of carbonyl (C=O) groups is 1. The third-order valence-corrected chi connectivity index (χ3v) is 7.34. The minimum absolute atomic E-state index is 0.0764. The fraction of sp³-hybridized carbons (Fsp3) is 0.333. The standard InChI is InChI=1S/C24H21F4N5O3S/c1-33-6-5-15(32-33)12-3-4-16(21(7-12)37(2,35)36)30-17-8-13(9-20(34)14-11-24(14,27)28)29-18-10-19(23(25)26)31-22(17)18/h3-8,14,23H,9-11H2,1-2H3,(H,29,30). The Hall–Kier alpha value is -3.61. The summed E-state index contributed by atoms with van der Waals surface area (Å²) in [7, 11) is -2.04. The molecule has 1 atom stereocenters. The normalized spacial score (nSPS) is 18.0. The van der Waals surface area contributed by atoms with Crippen LogP contribution in [0.1, 0.15) is 17.8 Å². The van der Waals surface area contributed by atoms with Crippen LogP contribution in [0.4, 0.5) is 34.6 Å². The first-order valence-electron chi connectivity index (χ1n) is 11.2. The molecule has 194 valence electrons. The molecule has 3 aromatic rings. The van der Waals surface area contributed by atoms with Crippen molar-refractivity contribution in [3.8, 4) is 11.3 Å². The van der Waals surface area contributed by atoms with Gasteiger partial charge < -0.3 is 5.32 Å². The maximum absolute atomic E-state index is 13.4. The van der Waals surface area contributed by atoms with Crippen molar-refractivity contribution in [1.29, 1.82) is 0 Å². The average Bonchev–Trinajstić information content (AvgIpc) is 3.14. The Balaban J connectivity index is 1.54. The molecule has 37 heavy (non-hydrogen) atoms. The zero-order valence-electron chi connectivity index (χ0n) is 19.7. The van der Waals surface area contributed by atoms with Gasteiger partial charge in [0.25, 0.3) is 12.3 Å². The summed E-state index contributed by atoms with van der Waals surface area (Å²) >= 11 is 0. The van der Waals surface area contributed by atoms with Crippen molar-refractivity contribution in [2.24, 2.45) is 18.0 Å². The Morgan fingerprint density at radius 3 is 2.54 bits per heavy atom. The third kappa shape index (κ3) is 4.99. The molecule has 0 spiro atoms. The van der Waals surface area contributed by atoms with Gasteiger partial charge in [0.1, 0.15) is 11.5 Å². The summed E-state index contributed by atoms with van der Waals surface area (Å²) in [5.41, 5.74) is 1.27. The van der Waals surface area contributed by atoms with Crippen molar-refractivity contribution in [2.45, 2.75) is 36.5 Å². The smallest absolute Gasteiger partial charge is 0.277 e. The van der Waals surface area contributed by atoms with Gasteiger partial charge in [0, 0.05) is 44.3 Å². The molecule has 1 fully saturated rings. The topological polar surface area (TPSA) is 106 Å². The molecule has 1 aliphatic heterocycles. The summed E-state index contributed by atoms with van der Waals surface area (Å²) in [4.78, 5) is 20.4. The zero-order valence-corrected chi connectivity index (χ0v) is 20.5. The number of aryl methyl sites for hydroxylation is 1. The van der Waals surface area contributed by atoms with Crippen LogP contribution in [-0.4, -0.2) is 53.3 Å². The quantitative estimate of drug-likeness (QED) is 0.432. The number of Topliss-reactive ketones (excluding diaryl/α,β-unsaturated/α-hetero) is 1. The van der Waals surface area contributed by atoms with Crippen molar-refractivity contribution in [3.63, 3.8) is 0 Å². The number of fused-ring (bicyclic) bond motifs is 1. The Morgan fingerprint density at radius 2 is 1.95 bits per heavy atom. The number of benzene rings is 1. The van der Waals surface area contributed by atoms with Crippen LogP contribution in [-0.2, 0) is 34.5 Å².